The smallest absolute Gasteiger partial charge is 0.312 e. The lowest BCUT2D eigenvalue weighted by molar-refractivity contribution is -0.386. The Balaban J connectivity index is 2.02. The van der Waals surface area contributed by atoms with E-state index in [9.17, 15) is 19.7 Å². The summed E-state index contributed by atoms with van der Waals surface area (Å²) in [6, 6.07) is 0. The minimum absolute atomic E-state index is 0.0278. The highest BCUT2D eigenvalue weighted by Gasteiger charge is 2.32. The van der Waals surface area contributed by atoms with Gasteiger partial charge in [0.25, 0.3) is 0 Å². The number of aryl methyl sites for hydroxylation is 2. The van der Waals surface area contributed by atoms with Crippen molar-refractivity contribution in [2.45, 2.75) is 40.2 Å². The SMILES string of the molecule is Cc1nn(CCC(=O)N2CC(C)CC(C(=O)O)C2)c(C)c1[N+](=O)[O-]. The fourth-order valence-electron chi connectivity index (χ4n) is 3.26. The van der Waals surface area contributed by atoms with Gasteiger partial charge in [-0.15, -0.1) is 0 Å². The van der Waals surface area contributed by atoms with E-state index in [4.69, 9.17) is 5.11 Å². The summed E-state index contributed by atoms with van der Waals surface area (Å²) >= 11 is 0. The van der Waals surface area contributed by atoms with Crippen molar-refractivity contribution < 1.29 is 19.6 Å². The van der Waals surface area contributed by atoms with E-state index < -0.39 is 16.8 Å². The monoisotopic (exact) mass is 338 g/mol. The van der Waals surface area contributed by atoms with Gasteiger partial charge in [-0.3, -0.25) is 24.4 Å². The van der Waals surface area contributed by atoms with Crippen molar-refractivity contribution in [2.75, 3.05) is 13.1 Å². The van der Waals surface area contributed by atoms with Gasteiger partial charge in [0, 0.05) is 19.5 Å². The second-order valence-electron chi connectivity index (χ2n) is 6.42. The number of aromatic nitrogens is 2. The van der Waals surface area contributed by atoms with Gasteiger partial charge in [-0.05, 0) is 26.2 Å². The first-order valence-corrected chi connectivity index (χ1v) is 7.89. The molecule has 0 aliphatic carbocycles. The molecular weight excluding hydrogens is 316 g/mol. The molecule has 1 aliphatic rings. The number of amides is 1. The van der Waals surface area contributed by atoms with Gasteiger partial charge < -0.3 is 10.0 Å². The molecule has 1 aromatic rings. The van der Waals surface area contributed by atoms with Crippen molar-refractivity contribution in [3.8, 4) is 0 Å². The number of hydrogen-bond donors (Lipinski definition) is 1. The number of carbonyl (C=O) groups excluding carboxylic acids is 1. The Kier molecular flexibility index (Phi) is 5.20. The number of likely N-dealkylation sites (tertiary alicyclic amines) is 1. The number of piperidine rings is 1. The van der Waals surface area contributed by atoms with Crippen LogP contribution in [-0.2, 0) is 16.1 Å². The Hall–Kier alpha value is -2.45. The Morgan fingerprint density at radius 2 is 2.04 bits per heavy atom. The van der Waals surface area contributed by atoms with Gasteiger partial charge in [0.2, 0.25) is 5.91 Å². The van der Waals surface area contributed by atoms with Crippen molar-refractivity contribution in [2.24, 2.45) is 11.8 Å². The van der Waals surface area contributed by atoms with Crippen LogP contribution in [-0.4, -0.2) is 49.7 Å². The number of carboxylic acid groups (broad SMARTS) is 1. The molecule has 9 heteroatoms. The number of carboxylic acids is 1. The molecule has 2 atom stereocenters. The van der Waals surface area contributed by atoms with E-state index in [0.717, 1.165) is 0 Å². The molecule has 0 aromatic carbocycles. The molecule has 0 spiro atoms. The molecule has 0 bridgehead atoms. The second-order valence-corrected chi connectivity index (χ2v) is 6.42. The lowest BCUT2D eigenvalue weighted by Gasteiger charge is -2.34. The van der Waals surface area contributed by atoms with Crippen molar-refractivity contribution in [1.82, 2.24) is 14.7 Å². The highest BCUT2D eigenvalue weighted by molar-refractivity contribution is 5.78. The van der Waals surface area contributed by atoms with Gasteiger partial charge in [-0.1, -0.05) is 6.92 Å². The van der Waals surface area contributed by atoms with E-state index >= 15 is 0 Å². The maximum atomic E-state index is 12.4. The fraction of sp³-hybridized carbons (Fsp3) is 0.667. The van der Waals surface area contributed by atoms with Gasteiger partial charge in [0.15, 0.2) is 0 Å². The largest absolute Gasteiger partial charge is 0.481 e. The summed E-state index contributed by atoms with van der Waals surface area (Å²) in [5, 5.41) is 24.3. The molecule has 0 saturated carbocycles. The van der Waals surface area contributed by atoms with Crippen molar-refractivity contribution >= 4 is 17.6 Å². The number of rotatable bonds is 5. The number of nitrogens with zero attached hydrogens (tertiary/aromatic N) is 4. The molecule has 1 N–H and O–H groups in total. The zero-order chi connectivity index (χ0) is 18.0. The lowest BCUT2D eigenvalue weighted by atomic mass is 9.90. The summed E-state index contributed by atoms with van der Waals surface area (Å²) in [6.07, 6.45) is 0.709. The molecule has 24 heavy (non-hydrogen) atoms. The van der Waals surface area contributed by atoms with Gasteiger partial charge >= 0.3 is 11.7 Å². The van der Waals surface area contributed by atoms with Gasteiger partial charge in [0.1, 0.15) is 11.4 Å². The molecule has 1 aromatic heterocycles. The van der Waals surface area contributed by atoms with Crippen LogP contribution in [0.5, 0.6) is 0 Å². The van der Waals surface area contributed by atoms with Crippen LogP contribution in [0, 0.1) is 35.8 Å². The minimum atomic E-state index is -0.881. The average molecular weight is 338 g/mol. The van der Waals surface area contributed by atoms with Crippen LogP contribution >= 0.6 is 0 Å². The van der Waals surface area contributed by atoms with E-state index in [1.54, 1.807) is 18.7 Å². The highest BCUT2D eigenvalue weighted by Crippen LogP contribution is 2.24. The maximum absolute atomic E-state index is 12.4. The van der Waals surface area contributed by atoms with Gasteiger partial charge in [-0.25, -0.2) is 0 Å². The molecule has 1 amide bonds. The molecular formula is C15H22N4O5. The van der Waals surface area contributed by atoms with E-state index in [1.807, 2.05) is 6.92 Å². The van der Waals surface area contributed by atoms with Crippen molar-refractivity contribution in [3.63, 3.8) is 0 Å². The normalized spacial score (nSPS) is 20.9. The van der Waals surface area contributed by atoms with Crippen molar-refractivity contribution in [3.05, 3.63) is 21.5 Å². The number of hydrogen-bond acceptors (Lipinski definition) is 5. The molecule has 0 radical (unpaired) electrons. The molecule has 2 unspecified atom stereocenters. The summed E-state index contributed by atoms with van der Waals surface area (Å²) in [5.41, 5.74) is 0.711. The summed E-state index contributed by atoms with van der Waals surface area (Å²) in [6.45, 7) is 6.09. The van der Waals surface area contributed by atoms with Crippen LogP contribution in [0.25, 0.3) is 0 Å². The molecule has 2 heterocycles. The first-order chi connectivity index (χ1) is 11.2. The fourth-order valence-corrected chi connectivity index (χ4v) is 3.26. The average Bonchev–Trinajstić information content (AvgIpc) is 2.78. The topological polar surface area (TPSA) is 119 Å². The van der Waals surface area contributed by atoms with Crippen LogP contribution in [0.3, 0.4) is 0 Å². The van der Waals surface area contributed by atoms with Crippen LogP contribution in [0.2, 0.25) is 0 Å². The quantitative estimate of drug-likeness (QED) is 0.640. The predicted octanol–water partition coefficient (Wildman–Crippen LogP) is 1.37. The molecule has 1 fully saturated rings. The third-order valence-corrected chi connectivity index (χ3v) is 4.43. The summed E-state index contributed by atoms with van der Waals surface area (Å²) in [7, 11) is 0. The second kappa shape index (κ2) is 6.98. The Labute approximate surface area is 139 Å². The lowest BCUT2D eigenvalue weighted by Crippen LogP contribution is -2.45. The first-order valence-electron chi connectivity index (χ1n) is 7.89. The van der Waals surface area contributed by atoms with Gasteiger partial charge in [-0.2, -0.15) is 5.10 Å². The third-order valence-electron chi connectivity index (χ3n) is 4.43. The van der Waals surface area contributed by atoms with Gasteiger partial charge in [0.05, 0.1) is 17.4 Å². The molecule has 1 saturated heterocycles. The maximum Gasteiger partial charge on any atom is 0.312 e. The van der Waals surface area contributed by atoms with Crippen LogP contribution in [0.1, 0.15) is 31.2 Å². The number of aliphatic carboxylic acids is 1. The zero-order valence-electron chi connectivity index (χ0n) is 14.1. The van der Waals surface area contributed by atoms with E-state index in [1.165, 1.54) is 4.68 Å². The Morgan fingerprint density at radius 3 is 2.58 bits per heavy atom. The van der Waals surface area contributed by atoms with E-state index in [-0.39, 0.29) is 37.0 Å². The third kappa shape index (κ3) is 3.72. The first kappa shape index (κ1) is 17.9. The minimum Gasteiger partial charge on any atom is -0.481 e. The molecule has 1 aliphatic heterocycles. The van der Waals surface area contributed by atoms with Crippen LogP contribution in [0.4, 0.5) is 5.69 Å². The molecule has 2 rings (SSSR count). The molecule has 132 valence electrons. The van der Waals surface area contributed by atoms with Crippen LogP contribution in [0.15, 0.2) is 0 Å². The standard InChI is InChI=1S/C15H22N4O5/c1-9-6-12(15(21)22)8-17(7-9)13(20)4-5-18-11(3)14(19(23)24)10(2)16-18/h9,12H,4-8H2,1-3H3,(H,21,22). The number of nitro groups is 1. The Bertz CT molecular complexity index is 669. The van der Waals surface area contributed by atoms with Crippen molar-refractivity contribution in [1.29, 1.82) is 0 Å². The highest BCUT2D eigenvalue weighted by atomic mass is 16.6. The summed E-state index contributed by atoms with van der Waals surface area (Å²) < 4.78 is 1.47. The van der Waals surface area contributed by atoms with E-state index in [2.05, 4.69) is 5.10 Å². The summed E-state index contributed by atoms with van der Waals surface area (Å²) in [4.78, 5) is 35.7. The zero-order valence-corrected chi connectivity index (χ0v) is 14.1. The summed E-state index contributed by atoms with van der Waals surface area (Å²) in [5.74, 6) is -1.43. The van der Waals surface area contributed by atoms with Crippen LogP contribution < -0.4 is 0 Å². The van der Waals surface area contributed by atoms with E-state index in [0.29, 0.717) is 24.4 Å². The predicted molar refractivity (Wildman–Crippen MR) is 84.5 cm³/mol. The molecule has 9 nitrogen and oxygen atoms in total. The Morgan fingerprint density at radius 1 is 1.38 bits per heavy atom. The number of carbonyl (C=O) groups is 2.